The maximum atomic E-state index is 5.89. The lowest BCUT2D eigenvalue weighted by atomic mass is 10.2. The molecule has 160 valence electrons. The Labute approximate surface area is 189 Å². The zero-order chi connectivity index (χ0) is 21.2. The Kier molecular flexibility index (Phi) is 5.93. The molecule has 3 aromatic heterocycles. The lowest BCUT2D eigenvalue weighted by Crippen LogP contribution is -2.16. The van der Waals surface area contributed by atoms with Gasteiger partial charge in [-0.05, 0) is 32.8 Å². The molecule has 1 aliphatic heterocycles. The molecule has 0 spiro atoms. The van der Waals surface area contributed by atoms with Crippen LogP contribution in [-0.4, -0.2) is 32.5 Å². The standard InChI is InChI=1S/C23H24N4O2S2/c1-15-5-7-17(8-6-15)22-24-18(13-30-22)14-31-23-26-25-21(20-9-11-28-16(20)2)27(23)12-19-4-3-10-29-19/h5-9,11,13,19H,3-4,10,12,14H2,1-2H3. The molecule has 0 radical (unpaired) electrons. The molecule has 6 nitrogen and oxygen atoms in total. The number of benzene rings is 1. The van der Waals surface area contributed by atoms with E-state index >= 15 is 0 Å². The number of thioether (sulfide) groups is 1. The lowest BCUT2D eigenvalue weighted by Gasteiger charge is -2.14. The number of aromatic nitrogens is 4. The van der Waals surface area contributed by atoms with E-state index in [-0.39, 0.29) is 6.10 Å². The Morgan fingerprint density at radius 3 is 2.77 bits per heavy atom. The number of hydrogen-bond donors (Lipinski definition) is 0. The summed E-state index contributed by atoms with van der Waals surface area (Å²) in [5, 5.41) is 13.1. The van der Waals surface area contributed by atoms with Crippen molar-refractivity contribution in [1.82, 2.24) is 19.7 Å². The van der Waals surface area contributed by atoms with Gasteiger partial charge in [-0.25, -0.2) is 4.98 Å². The molecule has 4 aromatic rings. The molecule has 4 heterocycles. The minimum absolute atomic E-state index is 0.203. The van der Waals surface area contributed by atoms with Gasteiger partial charge in [0.25, 0.3) is 0 Å². The molecular formula is C23H24N4O2S2. The van der Waals surface area contributed by atoms with E-state index in [1.165, 1.54) is 5.56 Å². The van der Waals surface area contributed by atoms with Gasteiger partial charge in [-0.2, -0.15) is 0 Å². The fourth-order valence-electron chi connectivity index (χ4n) is 3.71. The second-order valence-corrected chi connectivity index (χ2v) is 9.54. The summed E-state index contributed by atoms with van der Waals surface area (Å²) in [6, 6.07) is 10.5. The minimum Gasteiger partial charge on any atom is -0.469 e. The highest BCUT2D eigenvalue weighted by molar-refractivity contribution is 7.98. The van der Waals surface area contributed by atoms with Gasteiger partial charge in [-0.15, -0.1) is 21.5 Å². The fraction of sp³-hybridized carbons (Fsp3) is 0.348. The first-order chi connectivity index (χ1) is 15.2. The van der Waals surface area contributed by atoms with Crippen LogP contribution in [-0.2, 0) is 17.0 Å². The fourth-order valence-corrected chi connectivity index (χ4v) is 5.48. The number of rotatable bonds is 7. The Balaban J connectivity index is 1.36. The van der Waals surface area contributed by atoms with Gasteiger partial charge >= 0.3 is 0 Å². The van der Waals surface area contributed by atoms with Crippen molar-refractivity contribution in [2.45, 2.75) is 50.2 Å². The lowest BCUT2D eigenvalue weighted by molar-refractivity contribution is 0.0953. The molecule has 1 unspecified atom stereocenters. The Morgan fingerprint density at radius 1 is 1.16 bits per heavy atom. The monoisotopic (exact) mass is 452 g/mol. The Morgan fingerprint density at radius 2 is 2.03 bits per heavy atom. The number of hydrogen-bond acceptors (Lipinski definition) is 7. The summed E-state index contributed by atoms with van der Waals surface area (Å²) in [5.74, 6) is 2.43. The van der Waals surface area contributed by atoms with E-state index in [4.69, 9.17) is 14.1 Å². The third-order valence-electron chi connectivity index (χ3n) is 5.43. The highest BCUT2D eigenvalue weighted by Gasteiger charge is 2.23. The molecule has 0 bridgehead atoms. The second-order valence-electron chi connectivity index (χ2n) is 7.74. The summed E-state index contributed by atoms with van der Waals surface area (Å²) < 4.78 is 13.6. The van der Waals surface area contributed by atoms with Crippen LogP contribution in [0, 0.1) is 13.8 Å². The number of aryl methyl sites for hydroxylation is 2. The second kappa shape index (κ2) is 8.98. The van der Waals surface area contributed by atoms with Gasteiger partial charge < -0.3 is 9.15 Å². The first-order valence-electron chi connectivity index (χ1n) is 10.4. The summed E-state index contributed by atoms with van der Waals surface area (Å²) in [4.78, 5) is 4.83. The molecule has 1 saturated heterocycles. The van der Waals surface area contributed by atoms with E-state index in [0.717, 1.165) is 70.3 Å². The predicted molar refractivity (Wildman–Crippen MR) is 123 cm³/mol. The van der Waals surface area contributed by atoms with Gasteiger partial charge in [0.05, 0.1) is 30.2 Å². The summed E-state index contributed by atoms with van der Waals surface area (Å²) in [7, 11) is 0. The molecule has 1 aromatic carbocycles. The van der Waals surface area contributed by atoms with Crippen LogP contribution in [0.25, 0.3) is 22.0 Å². The van der Waals surface area contributed by atoms with Crippen LogP contribution in [0.3, 0.4) is 0 Å². The highest BCUT2D eigenvalue weighted by Crippen LogP contribution is 2.31. The van der Waals surface area contributed by atoms with Crippen molar-refractivity contribution in [2.75, 3.05) is 6.61 Å². The number of nitrogens with zero attached hydrogens (tertiary/aromatic N) is 4. The maximum Gasteiger partial charge on any atom is 0.191 e. The number of ether oxygens (including phenoxy) is 1. The van der Waals surface area contributed by atoms with Gasteiger partial charge in [-0.3, -0.25) is 4.57 Å². The van der Waals surface area contributed by atoms with Crippen LogP contribution < -0.4 is 0 Å². The molecule has 1 atom stereocenters. The molecule has 1 aliphatic rings. The van der Waals surface area contributed by atoms with Gasteiger partial charge in [0.2, 0.25) is 0 Å². The summed E-state index contributed by atoms with van der Waals surface area (Å²) >= 11 is 3.35. The molecule has 0 N–H and O–H groups in total. The first-order valence-corrected chi connectivity index (χ1v) is 12.3. The Bertz CT molecular complexity index is 1160. The smallest absolute Gasteiger partial charge is 0.191 e. The van der Waals surface area contributed by atoms with Gasteiger partial charge in [0.15, 0.2) is 11.0 Å². The van der Waals surface area contributed by atoms with E-state index in [9.17, 15) is 0 Å². The topological polar surface area (TPSA) is 66.0 Å². The van der Waals surface area contributed by atoms with E-state index in [0.29, 0.717) is 0 Å². The average Bonchev–Trinajstić information content (AvgIpc) is 3.56. The van der Waals surface area contributed by atoms with Gasteiger partial charge in [0.1, 0.15) is 10.8 Å². The van der Waals surface area contributed by atoms with E-state index in [2.05, 4.69) is 51.3 Å². The van der Waals surface area contributed by atoms with Crippen LogP contribution in [0.15, 0.2) is 51.5 Å². The quantitative estimate of drug-likeness (QED) is 0.333. The van der Waals surface area contributed by atoms with Crippen molar-refractivity contribution in [3.05, 3.63) is 59.0 Å². The number of furan rings is 1. The highest BCUT2D eigenvalue weighted by atomic mass is 32.2. The van der Waals surface area contributed by atoms with Crippen molar-refractivity contribution in [3.8, 4) is 22.0 Å². The summed E-state index contributed by atoms with van der Waals surface area (Å²) in [6.45, 7) is 5.63. The predicted octanol–water partition coefficient (Wildman–Crippen LogP) is 5.75. The van der Waals surface area contributed by atoms with Crippen LogP contribution >= 0.6 is 23.1 Å². The van der Waals surface area contributed by atoms with Crippen molar-refractivity contribution in [2.24, 2.45) is 0 Å². The first kappa shape index (κ1) is 20.5. The normalized spacial score (nSPS) is 16.3. The van der Waals surface area contributed by atoms with E-state index in [1.54, 1.807) is 29.4 Å². The van der Waals surface area contributed by atoms with Crippen LogP contribution in [0.4, 0.5) is 0 Å². The van der Waals surface area contributed by atoms with Crippen LogP contribution in [0.2, 0.25) is 0 Å². The third-order valence-corrected chi connectivity index (χ3v) is 7.37. The van der Waals surface area contributed by atoms with Gasteiger partial charge in [-0.1, -0.05) is 41.6 Å². The van der Waals surface area contributed by atoms with Crippen molar-refractivity contribution >= 4 is 23.1 Å². The Hall–Kier alpha value is -2.42. The van der Waals surface area contributed by atoms with Crippen LogP contribution in [0.5, 0.6) is 0 Å². The minimum atomic E-state index is 0.203. The molecule has 0 aliphatic carbocycles. The molecular weight excluding hydrogens is 428 g/mol. The van der Waals surface area contributed by atoms with Crippen LogP contribution in [0.1, 0.15) is 29.9 Å². The molecule has 31 heavy (non-hydrogen) atoms. The molecule has 8 heteroatoms. The maximum absolute atomic E-state index is 5.89. The van der Waals surface area contributed by atoms with Crippen molar-refractivity contribution in [1.29, 1.82) is 0 Å². The molecule has 0 saturated carbocycles. The SMILES string of the molecule is Cc1ccc(-c2nc(CSc3nnc(-c4ccoc4C)n3CC3CCCO3)cs2)cc1. The van der Waals surface area contributed by atoms with E-state index < -0.39 is 0 Å². The zero-order valence-corrected chi connectivity index (χ0v) is 19.2. The largest absolute Gasteiger partial charge is 0.469 e. The average molecular weight is 453 g/mol. The van der Waals surface area contributed by atoms with E-state index in [1.807, 2.05) is 13.0 Å². The summed E-state index contributed by atoms with van der Waals surface area (Å²) in [6.07, 6.45) is 4.08. The number of thiazole rings is 1. The van der Waals surface area contributed by atoms with Crippen molar-refractivity contribution in [3.63, 3.8) is 0 Å². The molecule has 5 rings (SSSR count). The zero-order valence-electron chi connectivity index (χ0n) is 17.6. The summed E-state index contributed by atoms with van der Waals surface area (Å²) in [5.41, 5.74) is 4.45. The molecule has 0 amide bonds. The van der Waals surface area contributed by atoms with Gasteiger partial charge in [0, 0.05) is 23.3 Å². The molecule has 1 fully saturated rings. The third kappa shape index (κ3) is 4.46. The van der Waals surface area contributed by atoms with Crippen molar-refractivity contribution < 1.29 is 9.15 Å².